The molecule has 0 spiro atoms. The first-order valence-electron chi connectivity index (χ1n) is 5.86. The number of hydrogen-bond donors (Lipinski definition) is 1. The lowest BCUT2D eigenvalue weighted by molar-refractivity contribution is 0.178. The quantitative estimate of drug-likeness (QED) is 0.918. The Bertz CT molecular complexity index is 553. The van der Waals surface area contributed by atoms with E-state index in [2.05, 4.69) is 0 Å². The van der Waals surface area contributed by atoms with Gasteiger partial charge in [-0.3, -0.25) is 0 Å². The molecule has 1 atom stereocenters. The lowest BCUT2D eigenvalue weighted by Gasteiger charge is -2.11. The van der Waals surface area contributed by atoms with Crippen molar-refractivity contribution in [3.05, 3.63) is 65.2 Å². The number of aliphatic hydroxyl groups is 1. The SMILES string of the molecule is COc1ccc(CC(O)c2ccc(F)c(F)c2)cc1. The number of hydrogen-bond acceptors (Lipinski definition) is 2. The standard InChI is InChI=1S/C15H14F2O2/c1-19-12-5-2-10(3-6-12)8-15(18)11-4-7-13(16)14(17)9-11/h2-7,9,15,18H,8H2,1H3. The number of ether oxygens (including phenoxy) is 1. The second-order valence-electron chi connectivity index (χ2n) is 4.24. The van der Waals surface area contributed by atoms with Crippen LogP contribution in [0.4, 0.5) is 8.78 Å². The molecule has 0 aliphatic rings. The van der Waals surface area contributed by atoms with Crippen LogP contribution >= 0.6 is 0 Å². The van der Waals surface area contributed by atoms with Gasteiger partial charge in [0.2, 0.25) is 0 Å². The van der Waals surface area contributed by atoms with Gasteiger partial charge in [0.25, 0.3) is 0 Å². The summed E-state index contributed by atoms with van der Waals surface area (Å²) in [6.45, 7) is 0. The largest absolute Gasteiger partial charge is 0.497 e. The fourth-order valence-corrected chi connectivity index (χ4v) is 1.82. The van der Waals surface area contributed by atoms with Crippen LogP contribution in [0.15, 0.2) is 42.5 Å². The molecular formula is C15H14F2O2. The van der Waals surface area contributed by atoms with Gasteiger partial charge in [0.1, 0.15) is 5.75 Å². The highest BCUT2D eigenvalue weighted by Crippen LogP contribution is 2.21. The second kappa shape index (κ2) is 5.80. The van der Waals surface area contributed by atoms with Crippen molar-refractivity contribution in [1.29, 1.82) is 0 Å². The second-order valence-corrected chi connectivity index (χ2v) is 4.24. The molecule has 100 valence electrons. The van der Waals surface area contributed by atoms with Gasteiger partial charge in [0.05, 0.1) is 13.2 Å². The summed E-state index contributed by atoms with van der Waals surface area (Å²) in [6, 6.07) is 10.6. The maximum absolute atomic E-state index is 13.1. The molecule has 1 N–H and O–H groups in total. The predicted octanol–water partition coefficient (Wildman–Crippen LogP) is 3.25. The summed E-state index contributed by atoms with van der Waals surface area (Å²) >= 11 is 0. The molecule has 0 aromatic heterocycles. The molecule has 0 saturated heterocycles. The summed E-state index contributed by atoms with van der Waals surface area (Å²) in [5, 5.41) is 10.00. The molecule has 0 fully saturated rings. The zero-order valence-electron chi connectivity index (χ0n) is 10.4. The Morgan fingerprint density at radius 1 is 1.05 bits per heavy atom. The van der Waals surface area contributed by atoms with Crippen LogP contribution in [0.3, 0.4) is 0 Å². The van der Waals surface area contributed by atoms with Gasteiger partial charge in [-0.2, -0.15) is 0 Å². The molecule has 0 bridgehead atoms. The molecule has 2 nitrogen and oxygen atoms in total. The predicted molar refractivity (Wildman–Crippen MR) is 68.0 cm³/mol. The van der Waals surface area contributed by atoms with E-state index in [1.165, 1.54) is 6.07 Å². The van der Waals surface area contributed by atoms with Crippen molar-refractivity contribution in [2.24, 2.45) is 0 Å². The number of aliphatic hydroxyl groups excluding tert-OH is 1. The Kier molecular flexibility index (Phi) is 4.12. The fraction of sp³-hybridized carbons (Fsp3) is 0.200. The Morgan fingerprint density at radius 2 is 1.74 bits per heavy atom. The lowest BCUT2D eigenvalue weighted by Crippen LogP contribution is -2.03. The lowest BCUT2D eigenvalue weighted by atomic mass is 10.0. The summed E-state index contributed by atoms with van der Waals surface area (Å²) in [7, 11) is 1.57. The summed E-state index contributed by atoms with van der Waals surface area (Å²) in [5.74, 6) is -1.14. The fourth-order valence-electron chi connectivity index (χ4n) is 1.82. The molecule has 2 rings (SSSR count). The molecule has 0 amide bonds. The van der Waals surface area contributed by atoms with Crippen molar-refractivity contribution in [1.82, 2.24) is 0 Å². The van der Waals surface area contributed by atoms with Gasteiger partial charge < -0.3 is 9.84 Å². The highest BCUT2D eigenvalue weighted by atomic mass is 19.2. The Hall–Kier alpha value is -1.94. The third-order valence-corrected chi connectivity index (χ3v) is 2.92. The number of benzene rings is 2. The molecule has 0 aliphatic carbocycles. The van der Waals surface area contributed by atoms with E-state index >= 15 is 0 Å². The van der Waals surface area contributed by atoms with Crippen LogP contribution in [0.1, 0.15) is 17.2 Å². The smallest absolute Gasteiger partial charge is 0.159 e. The van der Waals surface area contributed by atoms with E-state index in [0.29, 0.717) is 12.0 Å². The maximum Gasteiger partial charge on any atom is 0.159 e. The first kappa shape index (κ1) is 13.5. The van der Waals surface area contributed by atoms with Gasteiger partial charge in [0, 0.05) is 6.42 Å². The summed E-state index contributed by atoms with van der Waals surface area (Å²) in [5.41, 5.74) is 1.24. The Morgan fingerprint density at radius 3 is 2.32 bits per heavy atom. The van der Waals surface area contributed by atoms with E-state index in [1.54, 1.807) is 19.2 Å². The van der Waals surface area contributed by atoms with E-state index in [9.17, 15) is 13.9 Å². The summed E-state index contributed by atoms with van der Waals surface area (Å²) in [6.07, 6.45) is -0.543. The van der Waals surface area contributed by atoms with Crippen LogP contribution < -0.4 is 4.74 Å². The van der Waals surface area contributed by atoms with Crippen LogP contribution in [-0.2, 0) is 6.42 Å². The zero-order valence-corrected chi connectivity index (χ0v) is 10.4. The van der Waals surface area contributed by atoms with Crippen molar-refractivity contribution in [3.63, 3.8) is 0 Å². The van der Waals surface area contributed by atoms with Crippen LogP contribution in [0.25, 0.3) is 0 Å². The monoisotopic (exact) mass is 264 g/mol. The third kappa shape index (κ3) is 3.29. The molecule has 0 radical (unpaired) electrons. The molecule has 0 heterocycles. The maximum atomic E-state index is 13.1. The molecule has 2 aromatic carbocycles. The first-order valence-corrected chi connectivity index (χ1v) is 5.86. The molecule has 2 aromatic rings. The van der Waals surface area contributed by atoms with Crippen molar-refractivity contribution >= 4 is 0 Å². The number of methoxy groups -OCH3 is 1. The van der Waals surface area contributed by atoms with Crippen LogP contribution in [0, 0.1) is 11.6 Å². The third-order valence-electron chi connectivity index (χ3n) is 2.92. The van der Waals surface area contributed by atoms with E-state index in [4.69, 9.17) is 4.74 Å². The number of halogens is 2. The van der Waals surface area contributed by atoms with E-state index in [-0.39, 0.29) is 0 Å². The average Bonchev–Trinajstić information content (AvgIpc) is 2.42. The molecule has 0 saturated carbocycles. The highest BCUT2D eigenvalue weighted by Gasteiger charge is 2.11. The minimum atomic E-state index is -0.953. The van der Waals surface area contributed by atoms with Gasteiger partial charge in [-0.15, -0.1) is 0 Å². The van der Waals surface area contributed by atoms with E-state index in [1.807, 2.05) is 12.1 Å². The molecule has 19 heavy (non-hydrogen) atoms. The van der Waals surface area contributed by atoms with Crippen molar-refractivity contribution < 1.29 is 18.6 Å². The normalized spacial score (nSPS) is 12.2. The topological polar surface area (TPSA) is 29.5 Å². The number of rotatable bonds is 4. The van der Waals surface area contributed by atoms with Gasteiger partial charge >= 0.3 is 0 Å². The molecular weight excluding hydrogens is 250 g/mol. The van der Waals surface area contributed by atoms with Gasteiger partial charge in [0.15, 0.2) is 11.6 Å². The van der Waals surface area contributed by atoms with Crippen molar-refractivity contribution in [2.45, 2.75) is 12.5 Å². The van der Waals surface area contributed by atoms with Crippen LogP contribution in [0.5, 0.6) is 5.75 Å². The van der Waals surface area contributed by atoms with Gasteiger partial charge in [-0.1, -0.05) is 18.2 Å². The minimum Gasteiger partial charge on any atom is -0.497 e. The van der Waals surface area contributed by atoms with Crippen molar-refractivity contribution in [2.75, 3.05) is 7.11 Å². The van der Waals surface area contributed by atoms with Gasteiger partial charge in [-0.05, 0) is 35.4 Å². The summed E-state index contributed by atoms with van der Waals surface area (Å²) in [4.78, 5) is 0. The summed E-state index contributed by atoms with van der Waals surface area (Å²) < 4.78 is 30.9. The molecule has 4 heteroatoms. The first-order chi connectivity index (χ1) is 9.10. The zero-order chi connectivity index (χ0) is 13.8. The highest BCUT2D eigenvalue weighted by molar-refractivity contribution is 5.29. The van der Waals surface area contributed by atoms with Crippen LogP contribution in [-0.4, -0.2) is 12.2 Å². The molecule has 1 unspecified atom stereocenters. The Balaban J connectivity index is 2.10. The van der Waals surface area contributed by atoms with Crippen molar-refractivity contribution in [3.8, 4) is 5.75 Å². The van der Waals surface area contributed by atoms with E-state index < -0.39 is 17.7 Å². The van der Waals surface area contributed by atoms with Gasteiger partial charge in [-0.25, -0.2) is 8.78 Å². The average molecular weight is 264 g/mol. The van der Waals surface area contributed by atoms with E-state index in [0.717, 1.165) is 23.4 Å². The molecule has 0 aliphatic heterocycles. The van der Waals surface area contributed by atoms with Crippen LogP contribution in [0.2, 0.25) is 0 Å². The minimum absolute atomic E-state index is 0.328. The Labute approximate surface area is 110 Å².